The monoisotopic (exact) mass is 369 g/mol. The second-order valence-corrected chi connectivity index (χ2v) is 6.95. The molecule has 0 aliphatic heterocycles. The van der Waals surface area contributed by atoms with Crippen LogP contribution in [0.3, 0.4) is 0 Å². The molecule has 2 rings (SSSR count). The largest absolute Gasteiger partial charge is 0.467 e. The van der Waals surface area contributed by atoms with Crippen LogP contribution in [0.25, 0.3) is 0 Å². The van der Waals surface area contributed by atoms with Crippen molar-refractivity contribution in [3.05, 3.63) is 71.8 Å². The highest BCUT2D eigenvalue weighted by Crippen LogP contribution is 2.29. The Balaban J connectivity index is 2.40. The van der Waals surface area contributed by atoms with E-state index in [1.54, 1.807) is 0 Å². The van der Waals surface area contributed by atoms with E-state index in [4.69, 9.17) is 4.74 Å². The van der Waals surface area contributed by atoms with Crippen molar-refractivity contribution >= 4 is 11.9 Å². The molecule has 1 amide bonds. The molecule has 2 N–H and O–H groups in total. The summed E-state index contributed by atoms with van der Waals surface area (Å²) >= 11 is 0. The smallest absolute Gasteiger partial charge is 0.329 e. The number of ether oxygens (including phenoxy) is 1. The third-order valence-electron chi connectivity index (χ3n) is 4.40. The predicted molar refractivity (Wildman–Crippen MR) is 104 cm³/mol. The van der Waals surface area contributed by atoms with Crippen LogP contribution in [0.2, 0.25) is 0 Å². The number of carbonyl (C=O) groups excluding carboxylic acids is 2. The van der Waals surface area contributed by atoms with Gasteiger partial charge in [0.15, 0.2) is 0 Å². The standard InChI is InChI=1S/C22H27NO4/c1-15(2)14-18(24)21(25)23-20(22(26)27-3)19(16-10-6-4-7-11-16)17-12-8-5-9-13-17/h4-13,15,18-20,24H,14H2,1-3H3,(H,23,25)/t18-,20-/m0/s1. The lowest BCUT2D eigenvalue weighted by molar-refractivity contribution is -0.146. The lowest BCUT2D eigenvalue weighted by Gasteiger charge is -2.28. The number of amides is 1. The van der Waals surface area contributed by atoms with Crippen molar-refractivity contribution in [2.24, 2.45) is 5.92 Å². The fourth-order valence-corrected chi connectivity index (χ4v) is 3.11. The molecule has 0 aliphatic carbocycles. The molecule has 0 saturated carbocycles. The van der Waals surface area contributed by atoms with Crippen LogP contribution in [0.5, 0.6) is 0 Å². The molecule has 0 spiro atoms. The highest BCUT2D eigenvalue weighted by atomic mass is 16.5. The zero-order valence-electron chi connectivity index (χ0n) is 16.0. The van der Waals surface area contributed by atoms with Crippen molar-refractivity contribution in [3.63, 3.8) is 0 Å². The van der Waals surface area contributed by atoms with Gasteiger partial charge in [-0.15, -0.1) is 0 Å². The molecule has 2 atom stereocenters. The number of rotatable bonds is 8. The SMILES string of the molecule is COC(=O)[C@@H](NC(=O)[C@@H](O)CC(C)C)C(c1ccccc1)c1ccccc1. The average molecular weight is 369 g/mol. The maximum Gasteiger partial charge on any atom is 0.329 e. The molecule has 0 aromatic heterocycles. The van der Waals surface area contributed by atoms with Crippen LogP contribution in [-0.2, 0) is 14.3 Å². The molecule has 5 heteroatoms. The van der Waals surface area contributed by atoms with Crippen LogP contribution >= 0.6 is 0 Å². The molecule has 0 bridgehead atoms. The Labute approximate surface area is 160 Å². The molecule has 27 heavy (non-hydrogen) atoms. The minimum absolute atomic E-state index is 0.154. The van der Waals surface area contributed by atoms with E-state index in [1.165, 1.54) is 7.11 Å². The first-order chi connectivity index (χ1) is 12.9. The van der Waals surface area contributed by atoms with Gasteiger partial charge in [0.1, 0.15) is 12.1 Å². The van der Waals surface area contributed by atoms with Gasteiger partial charge in [-0.25, -0.2) is 4.79 Å². The Morgan fingerprint density at radius 1 is 0.963 bits per heavy atom. The van der Waals surface area contributed by atoms with E-state index in [1.807, 2.05) is 74.5 Å². The van der Waals surface area contributed by atoms with Crippen molar-refractivity contribution in [1.82, 2.24) is 5.32 Å². The summed E-state index contributed by atoms with van der Waals surface area (Å²) < 4.78 is 4.96. The van der Waals surface area contributed by atoms with Gasteiger partial charge in [-0.3, -0.25) is 4.79 Å². The van der Waals surface area contributed by atoms with Crippen LogP contribution < -0.4 is 5.32 Å². The molecule has 0 heterocycles. The first-order valence-corrected chi connectivity index (χ1v) is 9.10. The second kappa shape index (κ2) is 9.88. The van der Waals surface area contributed by atoms with Crippen molar-refractivity contribution in [3.8, 4) is 0 Å². The van der Waals surface area contributed by atoms with E-state index in [2.05, 4.69) is 5.32 Å². The molecule has 2 aromatic rings. The molecule has 0 unspecified atom stereocenters. The fourth-order valence-electron chi connectivity index (χ4n) is 3.11. The Morgan fingerprint density at radius 3 is 1.85 bits per heavy atom. The normalized spacial score (nSPS) is 13.3. The number of carbonyl (C=O) groups is 2. The fraction of sp³-hybridized carbons (Fsp3) is 0.364. The van der Waals surface area contributed by atoms with E-state index in [0.29, 0.717) is 6.42 Å². The summed E-state index contributed by atoms with van der Waals surface area (Å²) in [6.07, 6.45) is -0.856. The summed E-state index contributed by atoms with van der Waals surface area (Å²) in [5, 5.41) is 12.9. The molecule has 5 nitrogen and oxygen atoms in total. The molecular weight excluding hydrogens is 342 g/mol. The minimum Gasteiger partial charge on any atom is -0.467 e. The lowest BCUT2D eigenvalue weighted by Crippen LogP contribution is -2.49. The van der Waals surface area contributed by atoms with Crippen LogP contribution in [0.4, 0.5) is 0 Å². The third kappa shape index (κ3) is 5.66. The summed E-state index contributed by atoms with van der Waals surface area (Å²) in [5.74, 6) is -1.41. The number of aliphatic hydroxyl groups is 1. The maximum absolute atomic E-state index is 12.6. The van der Waals surface area contributed by atoms with Crippen molar-refractivity contribution in [2.45, 2.75) is 38.3 Å². The predicted octanol–water partition coefficient (Wildman–Crippen LogP) is 2.88. The van der Waals surface area contributed by atoms with Gasteiger partial charge in [-0.05, 0) is 23.5 Å². The highest BCUT2D eigenvalue weighted by Gasteiger charge is 2.34. The summed E-state index contributed by atoms with van der Waals surface area (Å²) in [6, 6.07) is 18.0. The Morgan fingerprint density at radius 2 is 1.44 bits per heavy atom. The van der Waals surface area contributed by atoms with Gasteiger partial charge >= 0.3 is 5.97 Å². The van der Waals surface area contributed by atoms with Crippen LogP contribution in [0, 0.1) is 5.92 Å². The highest BCUT2D eigenvalue weighted by molar-refractivity contribution is 5.88. The van der Waals surface area contributed by atoms with E-state index < -0.39 is 29.9 Å². The Kier molecular flexibility index (Phi) is 7.55. The van der Waals surface area contributed by atoms with E-state index in [0.717, 1.165) is 11.1 Å². The van der Waals surface area contributed by atoms with Gasteiger partial charge < -0.3 is 15.2 Å². The van der Waals surface area contributed by atoms with Gasteiger partial charge in [0.2, 0.25) is 5.91 Å². The number of methoxy groups -OCH3 is 1. The lowest BCUT2D eigenvalue weighted by atomic mass is 9.84. The van der Waals surface area contributed by atoms with E-state index in [9.17, 15) is 14.7 Å². The zero-order valence-corrected chi connectivity index (χ0v) is 16.0. The Hall–Kier alpha value is -2.66. The number of hydrogen-bond acceptors (Lipinski definition) is 4. The molecule has 0 radical (unpaired) electrons. The second-order valence-electron chi connectivity index (χ2n) is 6.95. The zero-order chi connectivity index (χ0) is 19.8. The van der Waals surface area contributed by atoms with Crippen molar-refractivity contribution < 1.29 is 19.4 Å². The van der Waals surface area contributed by atoms with Crippen LogP contribution in [0.1, 0.15) is 37.3 Å². The van der Waals surface area contributed by atoms with E-state index >= 15 is 0 Å². The van der Waals surface area contributed by atoms with Gasteiger partial charge in [0.05, 0.1) is 7.11 Å². The molecular formula is C22H27NO4. The minimum atomic E-state index is -1.18. The van der Waals surface area contributed by atoms with Gasteiger partial charge in [-0.2, -0.15) is 0 Å². The topological polar surface area (TPSA) is 75.6 Å². The maximum atomic E-state index is 12.6. The van der Waals surface area contributed by atoms with Crippen molar-refractivity contribution in [1.29, 1.82) is 0 Å². The molecule has 0 fully saturated rings. The number of aliphatic hydroxyl groups excluding tert-OH is 1. The Bertz CT molecular complexity index is 691. The summed E-state index contributed by atoms with van der Waals surface area (Å²) in [6.45, 7) is 3.84. The summed E-state index contributed by atoms with van der Waals surface area (Å²) in [7, 11) is 1.29. The molecule has 144 valence electrons. The summed E-state index contributed by atoms with van der Waals surface area (Å²) in [4.78, 5) is 25.1. The van der Waals surface area contributed by atoms with Gasteiger partial charge in [0.25, 0.3) is 0 Å². The number of esters is 1. The quantitative estimate of drug-likeness (QED) is 0.702. The number of benzene rings is 2. The average Bonchev–Trinajstić information content (AvgIpc) is 2.68. The number of hydrogen-bond donors (Lipinski definition) is 2. The molecule has 2 aromatic carbocycles. The van der Waals surface area contributed by atoms with Crippen LogP contribution in [-0.4, -0.2) is 36.2 Å². The first-order valence-electron chi connectivity index (χ1n) is 9.10. The number of nitrogens with one attached hydrogen (secondary N) is 1. The third-order valence-corrected chi connectivity index (χ3v) is 4.40. The molecule has 0 aliphatic rings. The first kappa shape index (κ1) is 20.6. The van der Waals surface area contributed by atoms with Gasteiger partial charge in [0, 0.05) is 5.92 Å². The van der Waals surface area contributed by atoms with E-state index in [-0.39, 0.29) is 5.92 Å². The summed E-state index contributed by atoms with van der Waals surface area (Å²) in [5.41, 5.74) is 1.75. The van der Waals surface area contributed by atoms with Gasteiger partial charge in [-0.1, -0.05) is 74.5 Å². The molecule has 0 saturated heterocycles. The van der Waals surface area contributed by atoms with Crippen LogP contribution in [0.15, 0.2) is 60.7 Å². The van der Waals surface area contributed by atoms with Crippen molar-refractivity contribution in [2.75, 3.05) is 7.11 Å².